The second-order valence-electron chi connectivity index (χ2n) is 9.85. The molecule has 0 amide bonds. The second-order valence-corrected chi connectivity index (χ2v) is 9.85. The first-order valence-corrected chi connectivity index (χ1v) is 13.5. The maximum absolute atomic E-state index is 2.37. The molecule has 0 radical (unpaired) electrons. The van der Waals surface area contributed by atoms with Crippen LogP contribution in [0.3, 0.4) is 0 Å². The zero-order valence-corrected chi connectivity index (χ0v) is 21.9. The van der Waals surface area contributed by atoms with Crippen molar-refractivity contribution in [2.24, 2.45) is 5.92 Å². The van der Waals surface area contributed by atoms with Crippen LogP contribution in [0.4, 0.5) is 0 Å². The maximum atomic E-state index is 2.37. The van der Waals surface area contributed by atoms with E-state index in [1.807, 2.05) is 0 Å². The van der Waals surface area contributed by atoms with Crippen molar-refractivity contribution in [3.8, 4) is 0 Å². The summed E-state index contributed by atoms with van der Waals surface area (Å²) in [6.45, 7) is 2.37. The fourth-order valence-electron chi connectivity index (χ4n) is 4.76. The second kappa shape index (κ2) is 14.6. The summed E-state index contributed by atoms with van der Waals surface area (Å²) in [5.74, 6) is 0.989. The third-order valence-electron chi connectivity index (χ3n) is 6.80. The third-order valence-corrected chi connectivity index (χ3v) is 6.80. The van der Waals surface area contributed by atoms with Crippen molar-refractivity contribution in [3.63, 3.8) is 0 Å². The van der Waals surface area contributed by atoms with Crippen LogP contribution in [0.25, 0.3) is 11.6 Å². The van der Waals surface area contributed by atoms with Crippen LogP contribution in [0, 0.1) is 5.92 Å². The van der Waals surface area contributed by atoms with Gasteiger partial charge in [0.1, 0.15) is 0 Å². The summed E-state index contributed by atoms with van der Waals surface area (Å²) in [5, 5.41) is 0. The van der Waals surface area contributed by atoms with Gasteiger partial charge < -0.3 is 0 Å². The average molecular weight is 483 g/mol. The van der Waals surface area contributed by atoms with Crippen molar-refractivity contribution in [3.05, 3.63) is 168 Å². The molecule has 0 aromatic heterocycles. The molecule has 0 spiro atoms. The fraction of sp³-hybridized carbons (Fsp3) is 0.189. The van der Waals surface area contributed by atoms with Gasteiger partial charge in [-0.3, -0.25) is 0 Å². The highest BCUT2D eigenvalue weighted by Gasteiger charge is 2.09. The zero-order chi connectivity index (χ0) is 25.5. The molecule has 0 heteroatoms. The Balaban J connectivity index is 1.33. The molecular weight excluding hydrogens is 444 g/mol. The molecule has 186 valence electrons. The molecule has 4 aromatic carbocycles. The molecule has 0 aliphatic heterocycles. The van der Waals surface area contributed by atoms with E-state index in [0.29, 0.717) is 11.8 Å². The lowest BCUT2D eigenvalue weighted by atomic mass is 9.91. The van der Waals surface area contributed by atoms with Crippen LogP contribution in [0.1, 0.15) is 54.4 Å². The van der Waals surface area contributed by atoms with Crippen LogP contribution in [-0.2, 0) is 6.42 Å². The molecule has 0 fully saturated rings. The Labute approximate surface area is 223 Å². The van der Waals surface area contributed by atoms with E-state index in [9.17, 15) is 0 Å². The number of benzene rings is 4. The first kappa shape index (κ1) is 26.2. The summed E-state index contributed by atoms with van der Waals surface area (Å²) in [7, 11) is 0. The Morgan fingerprint density at radius 1 is 0.676 bits per heavy atom. The van der Waals surface area contributed by atoms with E-state index >= 15 is 0 Å². The monoisotopic (exact) mass is 482 g/mol. The number of hydrogen-bond donors (Lipinski definition) is 0. The van der Waals surface area contributed by atoms with E-state index < -0.39 is 0 Å². The topological polar surface area (TPSA) is 0 Å². The SMILES string of the molecule is CC(CCC=CC=CC(Cc1ccccc1)c1ccccc1)CC(=Cc1ccccc1)c1ccccc1. The van der Waals surface area contributed by atoms with Gasteiger partial charge in [0.05, 0.1) is 0 Å². The molecule has 0 bridgehead atoms. The minimum atomic E-state index is 0.378. The third kappa shape index (κ3) is 8.92. The summed E-state index contributed by atoms with van der Waals surface area (Å²) >= 11 is 0. The summed E-state index contributed by atoms with van der Waals surface area (Å²) in [5.41, 5.74) is 6.73. The number of rotatable bonds is 12. The minimum Gasteiger partial charge on any atom is -0.0845 e. The molecular formula is C37H38. The molecule has 0 saturated heterocycles. The van der Waals surface area contributed by atoms with Gasteiger partial charge in [-0.05, 0) is 59.4 Å². The molecule has 0 N–H and O–H groups in total. The van der Waals surface area contributed by atoms with Gasteiger partial charge in [-0.15, -0.1) is 0 Å². The lowest BCUT2D eigenvalue weighted by Gasteiger charge is -2.14. The smallest absolute Gasteiger partial charge is 0.00614 e. The van der Waals surface area contributed by atoms with Gasteiger partial charge in [-0.25, -0.2) is 0 Å². The summed E-state index contributed by atoms with van der Waals surface area (Å²) in [6, 6.07) is 43.1. The summed E-state index contributed by atoms with van der Waals surface area (Å²) in [6.07, 6.45) is 15.8. The van der Waals surface area contributed by atoms with Gasteiger partial charge in [0, 0.05) is 5.92 Å². The summed E-state index contributed by atoms with van der Waals surface area (Å²) in [4.78, 5) is 0. The Bertz CT molecular complexity index is 1250. The van der Waals surface area contributed by atoms with Crippen LogP contribution >= 0.6 is 0 Å². The highest BCUT2D eigenvalue weighted by molar-refractivity contribution is 5.81. The predicted octanol–water partition coefficient (Wildman–Crippen LogP) is 10.2. The first-order chi connectivity index (χ1) is 18.3. The Morgan fingerprint density at radius 3 is 1.95 bits per heavy atom. The zero-order valence-electron chi connectivity index (χ0n) is 21.9. The van der Waals surface area contributed by atoms with Crippen LogP contribution in [0.5, 0.6) is 0 Å². The normalized spacial score (nSPS) is 13.7. The maximum Gasteiger partial charge on any atom is 0.00614 e. The van der Waals surface area contributed by atoms with Gasteiger partial charge in [0.15, 0.2) is 0 Å². The Hall–Kier alpha value is -3.90. The molecule has 0 heterocycles. The molecule has 2 atom stereocenters. The fourth-order valence-corrected chi connectivity index (χ4v) is 4.76. The lowest BCUT2D eigenvalue weighted by molar-refractivity contribution is 0.554. The van der Waals surface area contributed by atoms with Gasteiger partial charge in [0.2, 0.25) is 0 Å². The van der Waals surface area contributed by atoms with E-state index in [1.165, 1.54) is 34.2 Å². The van der Waals surface area contributed by atoms with Gasteiger partial charge in [0.25, 0.3) is 0 Å². The quantitative estimate of drug-likeness (QED) is 0.139. The molecule has 2 unspecified atom stereocenters. The van der Waals surface area contributed by atoms with Crippen molar-refractivity contribution in [2.75, 3.05) is 0 Å². The van der Waals surface area contributed by atoms with Crippen LogP contribution in [0.2, 0.25) is 0 Å². The molecule has 0 aliphatic rings. The van der Waals surface area contributed by atoms with E-state index in [2.05, 4.69) is 159 Å². The summed E-state index contributed by atoms with van der Waals surface area (Å²) < 4.78 is 0. The van der Waals surface area contributed by atoms with E-state index in [1.54, 1.807) is 0 Å². The van der Waals surface area contributed by atoms with Crippen molar-refractivity contribution in [1.29, 1.82) is 0 Å². The van der Waals surface area contributed by atoms with Gasteiger partial charge >= 0.3 is 0 Å². The molecule has 0 aliphatic carbocycles. The average Bonchev–Trinajstić information content (AvgIpc) is 2.96. The van der Waals surface area contributed by atoms with Crippen molar-refractivity contribution >= 4 is 11.6 Å². The largest absolute Gasteiger partial charge is 0.0845 e. The highest BCUT2D eigenvalue weighted by Crippen LogP contribution is 2.27. The van der Waals surface area contributed by atoms with Crippen LogP contribution < -0.4 is 0 Å². The Morgan fingerprint density at radius 2 is 1.27 bits per heavy atom. The molecule has 4 aromatic rings. The van der Waals surface area contributed by atoms with E-state index in [4.69, 9.17) is 0 Å². The van der Waals surface area contributed by atoms with E-state index in [0.717, 1.165) is 19.3 Å². The highest BCUT2D eigenvalue weighted by atomic mass is 14.1. The number of hydrogen-bond acceptors (Lipinski definition) is 0. The van der Waals surface area contributed by atoms with Crippen molar-refractivity contribution in [1.82, 2.24) is 0 Å². The van der Waals surface area contributed by atoms with Crippen LogP contribution in [0.15, 0.2) is 146 Å². The van der Waals surface area contributed by atoms with Gasteiger partial charge in [-0.1, -0.05) is 159 Å². The standard InChI is InChI=1S/C37H38/c1-31(28-37(35-25-16-7-17-26-35)30-33-21-11-5-12-22-33)18-8-2-3-13-27-36(34-23-14-6-15-24-34)29-32-19-9-4-10-20-32/h2-7,9-17,19-27,30-31,36H,8,18,28-29H2,1H3. The van der Waals surface area contributed by atoms with Crippen molar-refractivity contribution < 1.29 is 0 Å². The molecule has 0 saturated carbocycles. The predicted molar refractivity (Wildman–Crippen MR) is 161 cm³/mol. The van der Waals surface area contributed by atoms with Gasteiger partial charge in [-0.2, -0.15) is 0 Å². The minimum absolute atomic E-state index is 0.378. The Kier molecular flexibility index (Phi) is 10.3. The van der Waals surface area contributed by atoms with Crippen molar-refractivity contribution in [2.45, 2.75) is 38.5 Å². The van der Waals surface area contributed by atoms with Crippen LogP contribution in [-0.4, -0.2) is 0 Å². The molecule has 0 nitrogen and oxygen atoms in total. The molecule has 37 heavy (non-hydrogen) atoms. The number of allylic oxidation sites excluding steroid dienone is 5. The van der Waals surface area contributed by atoms with E-state index in [-0.39, 0.29) is 0 Å². The first-order valence-electron chi connectivity index (χ1n) is 13.5. The lowest BCUT2D eigenvalue weighted by Crippen LogP contribution is -1.99. The molecule has 4 rings (SSSR count).